The summed E-state index contributed by atoms with van der Waals surface area (Å²) in [5.74, 6) is -2.32. The molecule has 40 heavy (non-hydrogen) atoms. The monoisotopic (exact) mass is 573 g/mol. The molecule has 2 aliphatic rings. The maximum atomic E-state index is 13.4. The Morgan fingerprint density at radius 2 is 1.73 bits per heavy atom. The van der Waals surface area contributed by atoms with Crippen LogP contribution >= 0.6 is 0 Å². The Hall–Kier alpha value is -3.58. The van der Waals surface area contributed by atoms with Crippen molar-refractivity contribution in [3.63, 3.8) is 0 Å². The lowest BCUT2D eigenvalue weighted by atomic mass is 9.96. The standard InChI is InChI=1S/C26H29F6N5O3/c1-13(26(30,31)32)35-22(38)14-4-7-20(33-11-14)37-17-5-6-18(37)10-16(9-17)36-24(39)25(2,3)40-23-19(21(28)29)8-15(27)12-34-23/h4,7-8,11-13,16-18,21H,5-6,9-10H2,1-3H3,(H,35,38)(H,36,39)/t13-,16-,17+,18-/m0/s1. The molecule has 4 atom stereocenters. The number of ether oxygens (including phenoxy) is 1. The summed E-state index contributed by atoms with van der Waals surface area (Å²) in [6.45, 7) is 3.67. The molecule has 0 unspecified atom stereocenters. The molecule has 2 aromatic rings. The molecule has 8 nitrogen and oxygen atoms in total. The Kier molecular flexibility index (Phi) is 8.18. The Bertz CT molecular complexity index is 1230. The predicted octanol–water partition coefficient (Wildman–Crippen LogP) is 4.71. The lowest BCUT2D eigenvalue weighted by Crippen LogP contribution is -2.55. The van der Waals surface area contributed by atoms with Gasteiger partial charge in [0.05, 0.1) is 17.3 Å². The van der Waals surface area contributed by atoms with Crippen LogP contribution in [0.25, 0.3) is 0 Å². The third-order valence-corrected chi connectivity index (χ3v) is 7.16. The smallest absolute Gasteiger partial charge is 0.408 e. The van der Waals surface area contributed by atoms with Gasteiger partial charge in [0.25, 0.3) is 18.2 Å². The summed E-state index contributed by atoms with van der Waals surface area (Å²) in [6.07, 6.45) is -2.88. The maximum Gasteiger partial charge on any atom is 0.408 e. The van der Waals surface area contributed by atoms with Crippen molar-refractivity contribution in [3.05, 3.63) is 47.5 Å². The van der Waals surface area contributed by atoms with E-state index in [-0.39, 0.29) is 23.7 Å². The van der Waals surface area contributed by atoms with Gasteiger partial charge in [-0.05, 0) is 64.7 Å². The van der Waals surface area contributed by atoms with Crippen molar-refractivity contribution in [3.8, 4) is 5.88 Å². The van der Waals surface area contributed by atoms with Gasteiger partial charge < -0.3 is 20.3 Å². The SMILES string of the molecule is C[C@H](NC(=O)c1ccc(N2[C@@H]3CC[C@H]2C[C@@H](NC(=O)C(C)(C)Oc2ncc(F)cc2C(F)F)C3)nc1)C(F)(F)F. The normalized spacial score (nSPS) is 21.8. The molecule has 2 aliphatic heterocycles. The van der Waals surface area contributed by atoms with Crippen LogP contribution in [-0.4, -0.2) is 57.7 Å². The second kappa shape index (κ2) is 11.1. The summed E-state index contributed by atoms with van der Waals surface area (Å²) < 4.78 is 83.8. The summed E-state index contributed by atoms with van der Waals surface area (Å²) in [5, 5.41) is 4.82. The zero-order chi connectivity index (χ0) is 29.4. The van der Waals surface area contributed by atoms with Crippen molar-refractivity contribution in [1.29, 1.82) is 0 Å². The number of anilines is 1. The van der Waals surface area contributed by atoms with E-state index in [1.807, 2.05) is 5.32 Å². The van der Waals surface area contributed by atoms with Crippen molar-refractivity contribution < 1.29 is 40.7 Å². The van der Waals surface area contributed by atoms with E-state index >= 15 is 0 Å². The van der Waals surface area contributed by atoms with Gasteiger partial charge in [0, 0.05) is 24.3 Å². The molecule has 14 heteroatoms. The number of hydrogen-bond donors (Lipinski definition) is 2. The quantitative estimate of drug-likeness (QED) is 0.445. The van der Waals surface area contributed by atoms with Gasteiger partial charge in [-0.25, -0.2) is 23.1 Å². The van der Waals surface area contributed by atoms with Gasteiger partial charge in [-0.1, -0.05) is 0 Å². The molecular weight excluding hydrogens is 544 g/mol. The largest absolute Gasteiger partial charge is 0.461 e. The van der Waals surface area contributed by atoms with E-state index in [1.54, 1.807) is 6.07 Å². The first kappa shape index (κ1) is 29.4. The second-order valence-electron chi connectivity index (χ2n) is 10.5. The van der Waals surface area contributed by atoms with Crippen LogP contribution in [0, 0.1) is 5.82 Å². The number of amides is 2. The molecule has 2 N–H and O–H groups in total. The fraction of sp³-hybridized carbons (Fsp3) is 0.538. The Morgan fingerprint density at radius 1 is 1.07 bits per heavy atom. The summed E-state index contributed by atoms with van der Waals surface area (Å²) in [4.78, 5) is 35.2. The van der Waals surface area contributed by atoms with E-state index < -0.39 is 53.3 Å². The van der Waals surface area contributed by atoms with E-state index in [9.17, 15) is 35.9 Å². The molecule has 2 fully saturated rings. The number of alkyl halides is 5. The van der Waals surface area contributed by atoms with Crippen molar-refractivity contribution in [2.75, 3.05) is 4.90 Å². The first-order valence-electron chi connectivity index (χ1n) is 12.7. The number of nitrogens with zero attached hydrogens (tertiary/aromatic N) is 3. The number of carbonyl (C=O) groups is 2. The minimum absolute atomic E-state index is 0.00206. The lowest BCUT2D eigenvalue weighted by molar-refractivity contribution is -0.149. The van der Waals surface area contributed by atoms with E-state index in [0.717, 1.165) is 26.0 Å². The Morgan fingerprint density at radius 3 is 2.27 bits per heavy atom. The van der Waals surface area contributed by atoms with Gasteiger partial charge in [-0.15, -0.1) is 0 Å². The number of hydrogen-bond acceptors (Lipinski definition) is 6. The molecule has 218 valence electrons. The molecule has 4 rings (SSSR count). The topological polar surface area (TPSA) is 96.5 Å². The van der Waals surface area contributed by atoms with E-state index in [0.29, 0.717) is 24.7 Å². The van der Waals surface area contributed by atoms with Crippen molar-refractivity contribution in [1.82, 2.24) is 20.6 Å². The number of rotatable bonds is 8. The number of piperidine rings is 1. The summed E-state index contributed by atoms with van der Waals surface area (Å²) in [5.41, 5.74) is -2.33. The molecule has 0 saturated carbocycles. The van der Waals surface area contributed by atoms with E-state index in [4.69, 9.17) is 4.74 Å². The third-order valence-electron chi connectivity index (χ3n) is 7.16. The molecule has 0 spiro atoms. The third kappa shape index (κ3) is 6.41. The molecule has 0 aromatic carbocycles. The highest BCUT2D eigenvalue weighted by Crippen LogP contribution is 2.39. The minimum atomic E-state index is -4.56. The fourth-order valence-corrected chi connectivity index (χ4v) is 5.04. The van der Waals surface area contributed by atoms with Crippen molar-refractivity contribution in [2.45, 2.75) is 88.8 Å². The summed E-state index contributed by atoms with van der Waals surface area (Å²) >= 11 is 0. The van der Waals surface area contributed by atoms with E-state index in [1.165, 1.54) is 26.1 Å². The molecule has 2 saturated heterocycles. The lowest BCUT2D eigenvalue weighted by Gasteiger charge is -2.40. The Balaban J connectivity index is 1.37. The molecule has 2 amide bonds. The highest BCUT2D eigenvalue weighted by Gasteiger charge is 2.43. The molecule has 2 aromatic heterocycles. The molecular formula is C26H29F6N5O3. The van der Waals surface area contributed by atoms with Crippen LogP contribution in [0.15, 0.2) is 30.6 Å². The van der Waals surface area contributed by atoms with Gasteiger partial charge in [-0.2, -0.15) is 13.2 Å². The molecule has 0 aliphatic carbocycles. The van der Waals surface area contributed by atoms with Crippen LogP contribution in [0.2, 0.25) is 0 Å². The van der Waals surface area contributed by atoms with Gasteiger partial charge in [0.1, 0.15) is 17.7 Å². The zero-order valence-electron chi connectivity index (χ0n) is 21.9. The molecule has 4 heterocycles. The van der Waals surface area contributed by atoms with Gasteiger partial charge >= 0.3 is 6.18 Å². The zero-order valence-corrected chi connectivity index (χ0v) is 21.9. The van der Waals surface area contributed by atoms with Crippen molar-refractivity contribution in [2.24, 2.45) is 0 Å². The average Bonchev–Trinajstić information content (AvgIpc) is 3.14. The fourth-order valence-electron chi connectivity index (χ4n) is 5.04. The molecule has 2 bridgehead atoms. The highest BCUT2D eigenvalue weighted by molar-refractivity contribution is 5.94. The molecule has 0 radical (unpaired) electrons. The van der Waals surface area contributed by atoms with Crippen molar-refractivity contribution >= 4 is 17.6 Å². The Labute approximate surface area is 226 Å². The van der Waals surface area contributed by atoms with Gasteiger partial charge in [0.2, 0.25) is 5.88 Å². The minimum Gasteiger partial charge on any atom is -0.461 e. The highest BCUT2D eigenvalue weighted by atomic mass is 19.4. The van der Waals surface area contributed by atoms with Crippen LogP contribution in [0.4, 0.5) is 32.2 Å². The number of pyridine rings is 2. The summed E-state index contributed by atoms with van der Waals surface area (Å²) in [6, 6.07) is 1.40. The number of fused-ring (bicyclic) bond motifs is 2. The van der Waals surface area contributed by atoms with Crippen LogP contribution in [0.1, 0.15) is 68.8 Å². The van der Waals surface area contributed by atoms with E-state index in [2.05, 4.69) is 20.2 Å². The first-order valence-corrected chi connectivity index (χ1v) is 12.7. The number of halogens is 6. The van der Waals surface area contributed by atoms with Gasteiger partial charge in [0.15, 0.2) is 5.60 Å². The number of carbonyl (C=O) groups excluding carboxylic acids is 2. The number of aromatic nitrogens is 2. The van der Waals surface area contributed by atoms with Gasteiger partial charge in [-0.3, -0.25) is 9.59 Å². The van der Waals surface area contributed by atoms with Crippen LogP contribution in [0.5, 0.6) is 5.88 Å². The number of nitrogens with one attached hydrogen (secondary N) is 2. The second-order valence-corrected chi connectivity index (χ2v) is 10.5. The maximum absolute atomic E-state index is 13.4. The van der Waals surface area contributed by atoms with Crippen LogP contribution in [0.3, 0.4) is 0 Å². The summed E-state index contributed by atoms with van der Waals surface area (Å²) in [7, 11) is 0. The van der Waals surface area contributed by atoms with Crippen LogP contribution < -0.4 is 20.3 Å². The predicted molar refractivity (Wildman–Crippen MR) is 132 cm³/mol. The first-order chi connectivity index (χ1) is 18.7. The van der Waals surface area contributed by atoms with Crippen LogP contribution in [-0.2, 0) is 4.79 Å². The average molecular weight is 574 g/mol.